The van der Waals surface area contributed by atoms with Gasteiger partial charge in [0.2, 0.25) is 5.91 Å². The fraction of sp³-hybridized carbons (Fsp3) is 0.0952. The number of anilines is 1. The lowest BCUT2D eigenvalue weighted by atomic mass is 10.2. The van der Waals surface area contributed by atoms with Crippen LogP contribution >= 0.6 is 23.1 Å². The van der Waals surface area contributed by atoms with Gasteiger partial charge >= 0.3 is 0 Å². The van der Waals surface area contributed by atoms with Crippen molar-refractivity contribution in [2.45, 2.75) is 17.2 Å². The number of benzene rings is 2. The lowest BCUT2D eigenvalue weighted by Gasteiger charge is -2.11. The molecule has 0 unspecified atom stereocenters. The molecule has 0 saturated carbocycles. The first-order valence-corrected chi connectivity index (χ1v) is 10.3. The van der Waals surface area contributed by atoms with Crippen LogP contribution in [-0.2, 0) is 4.79 Å². The van der Waals surface area contributed by atoms with Crippen LogP contribution in [0, 0.1) is 5.82 Å². The third-order valence-electron chi connectivity index (χ3n) is 4.11. The molecule has 0 spiro atoms. The zero-order valence-corrected chi connectivity index (χ0v) is 16.6. The molecular weight excluding hydrogens is 393 g/mol. The van der Waals surface area contributed by atoms with Gasteiger partial charge in [-0.05, 0) is 42.8 Å². The maximum atomic E-state index is 13.2. The van der Waals surface area contributed by atoms with E-state index in [4.69, 9.17) is 0 Å². The van der Waals surface area contributed by atoms with Crippen molar-refractivity contribution in [1.82, 2.24) is 9.97 Å². The normalized spacial score (nSPS) is 12.1. The van der Waals surface area contributed by atoms with Crippen LogP contribution in [0.1, 0.15) is 6.92 Å². The third-order valence-corrected chi connectivity index (χ3v) is 6.52. The lowest BCUT2D eigenvalue weighted by molar-refractivity contribution is -0.115. The van der Waals surface area contributed by atoms with Crippen molar-refractivity contribution in [1.29, 1.82) is 0 Å². The molecule has 7 heteroatoms. The van der Waals surface area contributed by atoms with Crippen LogP contribution in [0.4, 0.5) is 10.1 Å². The summed E-state index contributed by atoms with van der Waals surface area (Å²) >= 11 is 2.94. The quantitative estimate of drug-likeness (QED) is 0.343. The molecule has 0 bridgehead atoms. The van der Waals surface area contributed by atoms with Crippen molar-refractivity contribution in [2.75, 3.05) is 5.32 Å². The second-order valence-electron chi connectivity index (χ2n) is 6.13. The minimum Gasteiger partial charge on any atom is -0.325 e. The Labute approximate surface area is 169 Å². The smallest absolute Gasteiger partial charge is 0.237 e. The van der Waals surface area contributed by atoms with E-state index >= 15 is 0 Å². The Hall–Kier alpha value is -2.77. The summed E-state index contributed by atoms with van der Waals surface area (Å²) in [6.45, 7) is 1.85. The van der Waals surface area contributed by atoms with E-state index in [-0.39, 0.29) is 17.0 Å². The summed E-state index contributed by atoms with van der Waals surface area (Å²) in [5, 5.41) is 3.35. The van der Waals surface area contributed by atoms with Crippen molar-refractivity contribution in [2.24, 2.45) is 0 Å². The molecule has 4 nitrogen and oxygen atoms in total. The Morgan fingerprint density at radius 1 is 1.11 bits per heavy atom. The molecule has 140 valence electrons. The Bertz CT molecular complexity index is 1110. The minimum absolute atomic E-state index is 0.0849. The highest BCUT2D eigenvalue weighted by Crippen LogP contribution is 2.38. The Morgan fingerprint density at radius 3 is 2.61 bits per heavy atom. The molecule has 0 saturated heterocycles. The average molecular weight is 410 g/mol. The standard InChI is InChI=1S/C21H16FN3OS2/c1-13(20(26)25-16-5-3-2-4-6-16)27-21-19-17(23-12-24-21)11-18(28-19)14-7-9-15(22)10-8-14/h2-13H,1H3,(H,25,26)/t13-/m0/s1. The molecule has 0 radical (unpaired) electrons. The first-order valence-electron chi connectivity index (χ1n) is 8.63. The summed E-state index contributed by atoms with van der Waals surface area (Å²) in [6, 6.07) is 17.7. The molecule has 2 aromatic carbocycles. The first-order chi connectivity index (χ1) is 13.6. The van der Waals surface area contributed by atoms with Crippen LogP contribution in [0.2, 0.25) is 0 Å². The van der Waals surface area contributed by atoms with Gasteiger partial charge in [-0.25, -0.2) is 14.4 Å². The largest absolute Gasteiger partial charge is 0.325 e. The number of nitrogens with one attached hydrogen (secondary N) is 1. The molecule has 0 aliphatic heterocycles. The van der Waals surface area contributed by atoms with Crippen LogP contribution in [0.3, 0.4) is 0 Å². The van der Waals surface area contributed by atoms with Crippen LogP contribution in [0.15, 0.2) is 72.0 Å². The zero-order chi connectivity index (χ0) is 19.5. The molecule has 1 N–H and O–H groups in total. The molecule has 0 fully saturated rings. The molecule has 2 aromatic heterocycles. The van der Waals surface area contributed by atoms with Gasteiger partial charge in [0.25, 0.3) is 0 Å². The van der Waals surface area contributed by atoms with Gasteiger partial charge in [-0.3, -0.25) is 4.79 Å². The van der Waals surface area contributed by atoms with Crippen molar-refractivity contribution < 1.29 is 9.18 Å². The monoisotopic (exact) mass is 409 g/mol. The molecule has 1 amide bonds. The van der Waals surface area contributed by atoms with Crippen LogP contribution < -0.4 is 5.32 Å². The number of thiophene rings is 1. The van der Waals surface area contributed by atoms with Gasteiger partial charge < -0.3 is 5.32 Å². The van der Waals surface area contributed by atoms with Crippen LogP contribution in [0.25, 0.3) is 20.7 Å². The number of nitrogens with zero attached hydrogens (tertiary/aromatic N) is 2. The summed E-state index contributed by atoms with van der Waals surface area (Å²) in [5.74, 6) is -0.350. The van der Waals surface area contributed by atoms with Gasteiger partial charge in [-0.15, -0.1) is 11.3 Å². The second kappa shape index (κ2) is 8.08. The van der Waals surface area contributed by atoms with Gasteiger partial charge in [-0.1, -0.05) is 42.1 Å². The Morgan fingerprint density at radius 2 is 1.86 bits per heavy atom. The number of thioether (sulfide) groups is 1. The second-order valence-corrected chi connectivity index (χ2v) is 8.51. The number of amides is 1. The van der Waals surface area contributed by atoms with Gasteiger partial charge in [0.05, 0.1) is 15.5 Å². The van der Waals surface area contributed by atoms with E-state index in [9.17, 15) is 9.18 Å². The number of hydrogen-bond donors (Lipinski definition) is 1. The van der Waals surface area contributed by atoms with Crippen molar-refractivity contribution in [3.63, 3.8) is 0 Å². The molecular formula is C21H16FN3OS2. The van der Waals surface area contributed by atoms with Crippen molar-refractivity contribution in [3.8, 4) is 10.4 Å². The number of para-hydroxylation sites is 1. The highest BCUT2D eigenvalue weighted by Gasteiger charge is 2.18. The summed E-state index contributed by atoms with van der Waals surface area (Å²) in [7, 11) is 0. The molecule has 28 heavy (non-hydrogen) atoms. The maximum Gasteiger partial charge on any atom is 0.237 e. The van der Waals surface area contributed by atoms with E-state index < -0.39 is 0 Å². The number of carbonyl (C=O) groups excluding carboxylic acids is 1. The zero-order valence-electron chi connectivity index (χ0n) is 14.9. The molecule has 0 aliphatic rings. The highest BCUT2D eigenvalue weighted by molar-refractivity contribution is 8.00. The molecule has 4 aromatic rings. The summed E-state index contributed by atoms with van der Waals surface area (Å²) < 4.78 is 14.1. The number of aromatic nitrogens is 2. The fourth-order valence-corrected chi connectivity index (χ4v) is 4.75. The summed E-state index contributed by atoms with van der Waals surface area (Å²) in [4.78, 5) is 22.2. The summed E-state index contributed by atoms with van der Waals surface area (Å²) in [5.41, 5.74) is 2.51. The predicted molar refractivity (Wildman–Crippen MR) is 113 cm³/mol. The van der Waals surface area contributed by atoms with E-state index in [1.165, 1.54) is 30.2 Å². The van der Waals surface area contributed by atoms with Crippen molar-refractivity contribution >= 4 is 44.9 Å². The topological polar surface area (TPSA) is 54.9 Å². The van der Waals surface area contributed by atoms with E-state index in [2.05, 4.69) is 15.3 Å². The number of carbonyl (C=O) groups is 1. The Kier molecular flexibility index (Phi) is 5.36. The fourth-order valence-electron chi connectivity index (χ4n) is 2.66. The van der Waals surface area contributed by atoms with Gasteiger partial charge in [-0.2, -0.15) is 0 Å². The van der Waals surface area contributed by atoms with Gasteiger partial charge in [0.1, 0.15) is 17.2 Å². The van der Waals surface area contributed by atoms with Crippen LogP contribution in [0.5, 0.6) is 0 Å². The molecule has 1 atom stereocenters. The first kappa shape index (κ1) is 18.6. The SMILES string of the molecule is C[C@H](Sc1ncnc2cc(-c3ccc(F)cc3)sc12)C(=O)Nc1ccccc1. The van der Waals surface area contributed by atoms with E-state index in [0.29, 0.717) is 0 Å². The van der Waals surface area contributed by atoms with E-state index in [1.54, 1.807) is 23.5 Å². The van der Waals surface area contributed by atoms with Gasteiger partial charge in [0.15, 0.2) is 0 Å². The Balaban J connectivity index is 1.56. The maximum absolute atomic E-state index is 13.2. The lowest BCUT2D eigenvalue weighted by Crippen LogP contribution is -2.22. The van der Waals surface area contributed by atoms with E-state index in [0.717, 1.165) is 31.4 Å². The molecule has 0 aliphatic carbocycles. The highest BCUT2D eigenvalue weighted by atomic mass is 32.2. The van der Waals surface area contributed by atoms with Crippen molar-refractivity contribution in [3.05, 3.63) is 72.8 Å². The number of fused-ring (bicyclic) bond motifs is 1. The molecule has 4 rings (SSSR count). The van der Waals surface area contributed by atoms with E-state index in [1.807, 2.05) is 43.3 Å². The summed E-state index contributed by atoms with van der Waals surface area (Å²) in [6.07, 6.45) is 1.51. The molecule has 2 heterocycles. The number of rotatable bonds is 5. The average Bonchev–Trinajstić information content (AvgIpc) is 3.14. The number of halogens is 1. The van der Waals surface area contributed by atoms with Crippen LogP contribution in [-0.4, -0.2) is 21.1 Å². The predicted octanol–water partition coefficient (Wildman–Crippen LogP) is 5.62. The van der Waals surface area contributed by atoms with Gasteiger partial charge in [0, 0.05) is 10.6 Å². The minimum atomic E-state index is -0.324. The third kappa shape index (κ3) is 4.05. The number of hydrogen-bond acceptors (Lipinski definition) is 5.